The topological polar surface area (TPSA) is 55.1 Å². The van der Waals surface area contributed by atoms with Crippen LogP contribution in [0, 0.1) is 12.3 Å². The van der Waals surface area contributed by atoms with Crippen LogP contribution < -0.4 is 11.1 Å². The first-order valence-electron chi connectivity index (χ1n) is 2.25. The van der Waals surface area contributed by atoms with E-state index in [1.807, 2.05) is 5.92 Å². The Balaban J connectivity index is 3.16. The van der Waals surface area contributed by atoms with E-state index in [1.165, 1.54) is 0 Å². The summed E-state index contributed by atoms with van der Waals surface area (Å²) in [6.45, 7) is 0.871. The standard InChI is InChI=1S/C5H8N2O/c1-2-5(8)7-4-3-6/h1H,3-4,6H2,(H,7,8). The summed E-state index contributed by atoms with van der Waals surface area (Å²) in [6, 6.07) is 0. The van der Waals surface area contributed by atoms with Crippen LogP contribution in [0.5, 0.6) is 0 Å². The summed E-state index contributed by atoms with van der Waals surface area (Å²) >= 11 is 0. The molecule has 0 saturated carbocycles. The molecule has 0 atom stereocenters. The van der Waals surface area contributed by atoms with Gasteiger partial charge in [0, 0.05) is 13.1 Å². The third kappa shape index (κ3) is 3.19. The first-order valence-corrected chi connectivity index (χ1v) is 2.25. The lowest BCUT2D eigenvalue weighted by molar-refractivity contribution is -0.115. The average Bonchev–Trinajstić information content (AvgIpc) is 1.83. The van der Waals surface area contributed by atoms with Crippen molar-refractivity contribution in [1.82, 2.24) is 5.32 Å². The molecule has 0 bridgehead atoms. The number of amides is 1. The zero-order valence-electron chi connectivity index (χ0n) is 4.48. The minimum Gasteiger partial charge on any atom is -0.344 e. The van der Waals surface area contributed by atoms with Gasteiger partial charge >= 0.3 is 0 Å². The van der Waals surface area contributed by atoms with E-state index in [-0.39, 0.29) is 0 Å². The molecule has 0 aliphatic rings. The van der Waals surface area contributed by atoms with Crippen molar-refractivity contribution in [3.63, 3.8) is 0 Å². The summed E-state index contributed by atoms with van der Waals surface area (Å²) in [7, 11) is 0. The van der Waals surface area contributed by atoms with Crippen molar-refractivity contribution in [1.29, 1.82) is 0 Å². The van der Waals surface area contributed by atoms with Crippen molar-refractivity contribution in [2.24, 2.45) is 5.73 Å². The van der Waals surface area contributed by atoms with E-state index in [0.717, 1.165) is 0 Å². The predicted octanol–water partition coefficient (Wildman–Crippen LogP) is -1.31. The molecule has 0 radical (unpaired) electrons. The summed E-state index contributed by atoms with van der Waals surface area (Å²) in [6.07, 6.45) is 4.71. The molecule has 0 aromatic rings. The summed E-state index contributed by atoms with van der Waals surface area (Å²) in [5.74, 6) is 1.49. The van der Waals surface area contributed by atoms with Gasteiger partial charge in [-0.1, -0.05) is 0 Å². The van der Waals surface area contributed by atoms with Gasteiger partial charge in [-0.3, -0.25) is 4.79 Å². The maximum atomic E-state index is 10.2. The Labute approximate surface area is 48.2 Å². The lowest BCUT2D eigenvalue weighted by atomic mass is 10.6. The quantitative estimate of drug-likeness (QED) is 0.436. The van der Waals surface area contributed by atoms with Crippen molar-refractivity contribution in [3.05, 3.63) is 0 Å². The number of rotatable bonds is 2. The second kappa shape index (κ2) is 4.16. The van der Waals surface area contributed by atoms with Crippen LogP contribution >= 0.6 is 0 Å². The Hall–Kier alpha value is -1.01. The van der Waals surface area contributed by atoms with Crippen LogP contribution in [0.15, 0.2) is 0 Å². The van der Waals surface area contributed by atoms with Gasteiger partial charge in [0.1, 0.15) is 0 Å². The van der Waals surface area contributed by atoms with Gasteiger partial charge in [0.15, 0.2) is 0 Å². The zero-order valence-corrected chi connectivity index (χ0v) is 4.48. The molecule has 8 heavy (non-hydrogen) atoms. The second-order valence-corrected chi connectivity index (χ2v) is 1.19. The number of hydrogen-bond donors (Lipinski definition) is 2. The Morgan fingerprint density at radius 3 is 2.88 bits per heavy atom. The number of nitrogens with two attached hydrogens (primary N) is 1. The molecule has 3 N–H and O–H groups in total. The highest BCUT2D eigenvalue weighted by molar-refractivity contribution is 5.92. The summed E-state index contributed by atoms with van der Waals surface area (Å²) in [4.78, 5) is 10.2. The van der Waals surface area contributed by atoms with E-state index in [9.17, 15) is 4.79 Å². The van der Waals surface area contributed by atoms with Gasteiger partial charge in [-0.25, -0.2) is 0 Å². The van der Waals surface area contributed by atoms with Crippen molar-refractivity contribution in [2.45, 2.75) is 0 Å². The molecule has 0 aliphatic carbocycles. The lowest BCUT2D eigenvalue weighted by Gasteiger charge is -1.93. The number of terminal acetylenes is 1. The fraction of sp³-hybridized carbons (Fsp3) is 0.400. The summed E-state index contributed by atoms with van der Waals surface area (Å²) < 4.78 is 0. The smallest absolute Gasteiger partial charge is 0.295 e. The maximum Gasteiger partial charge on any atom is 0.295 e. The van der Waals surface area contributed by atoms with E-state index in [2.05, 4.69) is 5.32 Å². The third-order valence-electron chi connectivity index (χ3n) is 0.561. The minimum absolute atomic E-state index is 0.407. The van der Waals surface area contributed by atoms with Crippen molar-refractivity contribution in [3.8, 4) is 12.3 Å². The van der Waals surface area contributed by atoms with E-state index < -0.39 is 5.91 Å². The van der Waals surface area contributed by atoms with Gasteiger partial charge in [0.25, 0.3) is 5.91 Å². The monoisotopic (exact) mass is 112 g/mol. The Morgan fingerprint density at radius 1 is 1.88 bits per heavy atom. The van der Waals surface area contributed by atoms with Gasteiger partial charge in [0.2, 0.25) is 0 Å². The molecule has 0 aromatic heterocycles. The lowest BCUT2D eigenvalue weighted by Crippen LogP contribution is -2.27. The van der Waals surface area contributed by atoms with E-state index in [1.54, 1.807) is 0 Å². The fourth-order valence-corrected chi connectivity index (χ4v) is 0.237. The van der Waals surface area contributed by atoms with E-state index >= 15 is 0 Å². The molecule has 1 amide bonds. The molecule has 3 nitrogen and oxygen atoms in total. The molecule has 0 aliphatic heterocycles. The van der Waals surface area contributed by atoms with E-state index in [0.29, 0.717) is 13.1 Å². The van der Waals surface area contributed by atoms with Crippen molar-refractivity contribution >= 4 is 5.91 Å². The molecule has 44 valence electrons. The largest absolute Gasteiger partial charge is 0.344 e. The van der Waals surface area contributed by atoms with Crippen LogP contribution in [-0.4, -0.2) is 19.0 Å². The molecule has 3 heteroatoms. The number of carbonyl (C=O) groups is 1. The molecule has 0 aromatic carbocycles. The molecule has 0 rings (SSSR count). The first-order chi connectivity index (χ1) is 3.81. The molecule has 0 spiro atoms. The molecular weight excluding hydrogens is 104 g/mol. The van der Waals surface area contributed by atoms with Crippen LogP contribution in [0.2, 0.25) is 0 Å². The molecule has 0 fully saturated rings. The minimum atomic E-state index is -0.407. The highest BCUT2D eigenvalue weighted by Gasteiger charge is 1.87. The number of hydrogen-bond acceptors (Lipinski definition) is 2. The van der Waals surface area contributed by atoms with Crippen LogP contribution in [0.1, 0.15) is 0 Å². The fourth-order valence-electron chi connectivity index (χ4n) is 0.237. The Kier molecular flexibility index (Phi) is 3.63. The molecule has 0 saturated heterocycles. The summed E-state index contributed by atoms with van der Waals surface area (Å²) in [5.41, 5.74) is 5.05. The maximum absolute atomic E-state index is 10.2. The van der Waals surface area contributed by atoms with Crippen molar-refractivity contribution in [2.75, 3.05) is 13.1 Å². The van der Waals surface area contributed by atoms with Crippen LogP contribution in [0.3, 0.4) is 0 Å². The third-order valence-corrected chi connectivity index (χ3v) is 0.561. The molecular formula is C5H8N2O. The predicted molar refractivity (Wildman–Crippen MR) is 30.9 cm³/mol. The normalized spacial score (nSPS) is 7.50. The zero-order chi connectivity index (χ0) is 6.41. The van der Waals surface area contributed by atoms with Crippen molar-refractivity contribution < 1.29 is 4.79 Å². The first kappa shape index (κ1) is 6.99. The summed E-state index contributed by atoms with van der Waals surface area (Å²) in [5, 5.41) is 2.38. The number of nitrogens with one attached hydrogen (secondary N) is 1. The van der Waals surface area contributed by atoms with Gasteiger partial charge in [0.05, 0.1) is 0 Å². The highest BCUT2D eigenvalue weighted by atomic mass is 16.1. The van der Waals surface area contributed by atoms with Gasteiger partial charge in [-0.05, 0) is 5.92 Å². The van der Waals surface area contributed by atoms with Gasteiger partial charge in [-0.2, -0.15) is 0 Å². The van der Waals surface area contributed by atoms with Gasteiger partial charge in [-0.15, -0.1) is 6.42 Å². The molecule has 0 unspecified atom stereocenters. The van der Waals surface area contributed by atoms with Crippen LogP contribution in [-0.2, 0) is 4.79 Å². The number of carbonyl (C=O) groups excluding carboxylic acids is 1. The molecule has 0 heterocycles. The second-order valence-electron chi connectivity index (χ2n) is 1.19. The SMILES string of the molecule is C#CC(=O)NCCN. The Morgan fingerprint density at radius 2 is 2.50 bits per heavy atom. The van der Waals surface area contributed by atoms with Gasteiger partial charge < -0.3 is 11.1 Å². The average molecular weight is 112 g/mol. The van der Waals surface area contributed by atoms with E-state index in [4.69, 9.17) is 12.2 Å². The van der Waals surface area contributed by atoms with Crippen LogP contribution in [0.4, 0.5) is 0 Å². The Bertz CT molecular complexity index is 114. The highest BCUT2D eigenvalue weighted by Crippen LogP contribution is 1.55. The van der Waals surface area contributed by atoms with Crippen LogP contribution in [0.25, 0.3) is 0 Å².